The van der Waals surface area contributed by atoms with Gasteiger partial charge in [-0.05, 0) is 37.7 Å². The topological polar surface area (TPSA) is 114 Å². The van der Waals surface area contributed by atoms with Gasteiger partial charge in [-0.1, -0.05) is 22.8 Å². The molecule has 0 spiro atoms. The first-order valence-corrected chi connectivity index (χ1v) is 8.91. The van der Waals surface area contributed by atoms with E-state index in [1.165, 1.54) is 12.1 Å². The standard InChI is InChI=1S/C17H16ClN5O4S/c1-8-6-13(21-27-8)19-16(24)14-9(2)22(3)17(28)20-15(14)10-4-5-11(18)12(7-10)23(25)26/h4-7,15H,1-3H3,(H,20,28)(H,19,21,24). The van der Waals surface area contributed by atoms with Gasteiger partial charge in [-0.25, -0.2) is 0 Å². The molecule has 1 aromatic carbocycles. The van der Waals surface area contributed by atoms with Gasteiger partial charge in [-0.3, -0.25) is 14.9 Å². The van der Waals surface area contributed by atoms with Crippen molar-refractivity contribution in [2.45, 2.75) is 19.9 Å². The highest BCUT2D eigenvalue weighted by atomic mass is 35.5. The van der Waals surface area contributed by atoms with Crippen LogP contribution in [0.1, 0.15) is 24.3 Å². The number of nitro benzene ring substituents is 1. The number of benzene rings is 1. The summed E-state index contributed by atoms with van der Waals surface area (Å²) in [6, 6.07) is 5.24. The molecule has 0 bridgehead atoms. The molecule has 0 aliphatic carbocycles. The van der Waals surface area contributed by atoms with Crippen LogP contribution < -0.4 is 10.6 Å². The molecule has 2 aromatic rings. The Morgan fingerprint density at radius 2 is 2.14 bits per heavy atom. The average Bonchev–Trinajstić information content (AvgIpc) is 3.04. The molecule has 0 saturated carbocycles. The Labute approximate surface area is 170 Å². The first-order chi connectivity index (χ1) is 13.2. The van der Waals surface area contributed by atoms with Gasteiger partial charge in [0, 0.05) is 24.9 Å². The second-order valence-electron chi connectivity index (χ2n) is 6.19. The summed E-state index contributed by atoms with van der Waals surface area (Å²) in [5.41, 5.74) is 1.17. The lowest BCUT2D eigenvalue weighted by Crippen LogP contribution is -2.46. The fraction of sp³-hybridized carbons (Fsp3) is 0.235. The van der Waals surface area contributed by atoms with Gasteiger partial charge in [0.2, 0.25) is 0 Å². The van der Waals surface area contributed by atoms with Crippen molar-refractivity contribution in [3.8, 4) is 0 Å². The molecule has 1 amide bonds. The summed E-state index contributed by atoms with van der Waals surface area (Å²) < 4.78 is 4.97. The number of aromatic nitrogens is 1. The van der Waals surface area contributed by atoms with Crippen LogP contribution in [0, 0.1) is 17.0 Å². The number of nitrogens with zero attached hydrogens (tertiary/aromatic N) is 3. The minimum absolute atomic E-state index is 0.00836. The van der Waals surface area contributed by atoms with E-state index in [0.717, 1.165) is 0 Å². The second-order valence-corrected chi connectivity index (χ2v) is 6.98. The van der Waals surface area contributed by atoms with Crippen LogP contribution in [0.25, 0.3) is 0 Å². The van der Waals surface area contributed by atoms with Gasteiger partial charge in [0.1, 0.15) is 10.8 Å². The molecule has 2 heterocycles. The maximum absolute atomic E-state index is 13.0. The summed E-state index contributed by atoms with van der Waals surface area (Å²) in [6.45, 7) is 3.45. The van der Waals surface area contributed by atoms with Crippen molar-refractivity contribution in [1.82, 2.24) is 15.4 Å². The molecule has 0 fully saturated rings. The number of carbonyl (C=O) groups excluding carboxylic acids is 1. The van der Waals surface area contributed by atoms with Gasteiger partial charge in [0.15, 0.2) is 10.9 Å². The predicted molar refractivity (Wildman–Crippen MR) is 107 cm³/mol. The van der Waals surface area contributed by atoms with E-state index in [2.05, 4.69) is 15.8 Å². The van der Waals surface area contributed by atoms with Gasteiger partial charge >= 0.3 is 0 Å². The summed E-state index contributed by atoms with van der Waals surface area (Å²) in [7, 11) is 1.72. The number of rotatable bonds is 4. The zero-order chi connectivity index (χ0) is 20.6. The Morgan fingerprint density at radius 1 is 1.43 bits per heavy atom. The molecule has 3 rings (SSSR count). The number of anilines is 1. The third kappa shape index (κ3) is 3.69. The number of allylic oxidation sites excluding steroid dienone is 1. The fourth-order valence-electron chi connectivity index (χ4n) is 2.84. The number of thiocarbonyl (C=S) groups is 1. The van der Waals surface area contributed by atoms with Crippen LogP contribution >= 0.6 is 23.8 Å². The van der Waals surface area contributed by atoms with Crippen LogP contribution in [0.4, 0.5) is 11.5 Å². The quantitative estimate of drug-likeness (QED) is 0.439. The Hall–Kier alpha value is -2.98. The number of hydrogen-bond donors (Lipinski definition) is 2. The lowest BCUT2D eigenvalue weighted by molar-refractivity contribution is -0.384. The van der Waals surface area contributed by atoms with Crippen LogP contribution in [0.15, 0.2) is 40.1 Å². The summed E-state index contributed by atoms with van der Waals surface area (Å²) in [6.07, 6.45) is 0. The molecular formula is C17H16ClN5O4S. The zero-order valence-corrected chi connectivity index (χ0v) is 16.7. The smallest absolute Gasteiger partial charge is 0.288 e. The molecule has 9 nitrogen and oxygen atoms in total. The molecule has 1 aliphatic rings. The van der Waals surface area contributed by atoms with E-state index in [-0.39, 0.29) is 16.5 Å². The van der Waals surface area contributed by atoms with Crippen LogP contribution in [0.3, 0.4) is 0 Å². The van der Waals surface area contributed by atoms with Crippen LogP contribution in [0.5, 0.6) is 0 Å². The number of hydrogen-bond acceptors (Lipinski definition) is 6. The summed E-state index contributed by atoms with van der Waals surface area (Å²) in [5.74, 6) is 0.376. The van der Waals surface area contributed by atoms with Crippen molar-refractivity contribution < 1.29 is 14.2 Å². The van der Waals surface area contributed by atoms with Gasteiger partial charge < -0.3 is 20.1 Å². The maximum Gasteiger partial charge on any atom is 0.288 e. The number of carbonyl (C=O) groups is 1. The number of aryl methyl sites for hydroxylation is 1. The SMILES string of the molecule is CC1=C(C(=O)Nc2cc(C)on2)C(c2ccc(Cl)c([N+](=O)[O-])c2)NC(=S)N1C. The third-order valence-electron chi connectivity index (χ3n) is 4.37. The number of nitro groups is 1. The van der Waals surface area contributed by atoms with E-state index in [4.69, 9.17) is 28.3 Å². The Morgan fingerprint density at radius 3 is 2.75 bits per heavy atom. The minimum atomic E-state index is -0.701. The summed E-state index contributed by atoms with van der Waals surface area (Å²) >= 11 is 11.2. The maximum atomic E-state index is 13.0. The van der Waals surface area contributed by atoms with Gasteiger partial charge in [0.05, 0.1) is 16.5 Å². The molecular weight excluding hydrogens is 406 g/mol. The lowest BCUT2D eigenvalue weighted by atomic mass is 9.94. The van der Waals surface area contributed by atoms with Gasteiger partial charge in [-0.2, -0.15) is 0 Å². The van der Waals surface area contributed by atoms with Crippen molar-refractivity contribution in [2.24, 2.45) is 0 Å². The van der Waals surface area contributed by atoms with E-state index in [9.17, 15) is 14.9 Å². The first kappa shape index (κ1) is 19.8. The highest BCUT2D eigenvalue weighted by Gasteiger charge is 2.33. The minimum Gasteiger partial charge on any atom is -0.360 e. The molecule has 28 heavy (non-hydrogen) atoms. The highest BCUT2D eigenvalue weighted by Crippen LogP contribution is 2.34. The molecule has 1 unspecified atom stereocenters. The van der Waals surface area contributed by atoms with Gasteiger partial charge in [0.25, 0.3) is 11.6 Å². The number of amides is 1. The Kier molecular flexibility index (Phi) is 5.34. The zero-order valence-electron chi connectivity index (χ0n) is 15.1. The van der Waals surface area contributed by atoms with E-state index in [1.54, 1.807) is 37.9 Å². The monoisotopic (exact) mass is 421 g/mol. The van der Waals surface area contributed by atoms with Crippen molar-refractivity contribution >= 4 is 46.3 Å². The number of halogens is 1. The molecule has 1 aliphatic heterocycles. The van der Waals surface area contributed by atoms with Crippen molar-refractivity contribution in [3.63, 3.8) is 0 Å². The van der Waals surface area contributed by atoms with E-state index < -0.39 is 16.9 Å². The molecule has 1 atom stereocenters. The summed E-state index contributed by atoms with van der Waals surface area (Å²) in [4.78, 5) is 25.3. The molecule has 11 heteroatoms. The fourth-order valence-corrected chi connectivity index (χ4v) is 3.28. The molecule has 0 radical (unpaired) electrons. The average molecular weight is 422 g/mol. The molecule has 2 N–H and O–H groups in total. The second kappa shape index (κ2) is 7.56. The van der Waals surface area contributed by atoms with Crippen molar-refractivity contribution in [1.29, 1.82) is 0 Å². The Balaban J connectivity index is 2.05. The van der Waals surface area contributed by atoms with Crippen LogP contribution in [-0.2, 0) is 4.79 Å². The Bertz CT molecular complexity index is 1020. The van der Waals surface area contributed by atoms with Crippen molar-refractivity contribution in [2.75, 3.05) is 12.4 Å². The predicted octanol–water partition coefficient (Wildman–Crippen LogP) is 3.32. The van der Waals surface area contributed by atoms with Gasteiger partial charge in [-0.15, -0.1) is 0 Å². The van der Waals surface area contributed by atoms with E-state index >= 15 is 0 Å². The molecule has 0 saturated heterocycles. The van der Waals surface area contributed by atoms with Crippen LogP contribution in [0.2, 0.25) is 5.02 Å². The molecule has 146 valence electrons. The lowest BCUT2D eigenvalue weighted by Gasteiger charge is -2.35. The van der Waals surface area contributed by atoms with E-state index in [0.29, 0.717) is 27.7 Å². The summed E-state index contributed by atoms with van der Waals surface area (Å²) in [5, 5.41) is 21.1. The molecule has 1 aromatic heterocycles. The van der Waals surface area contributed by atoms with E-state index in [1.807, 2.05) is 0 Å². The highest BCUT2D eigenvalue weighted by molar-refractivity contribution is 7.80. The number of nitrogens with one attached hydrogen (secondary N) is 2. The van der Waals surface area contributed by atoms with Crippen LogP contribution in [-0.4, -0.2) is 33.0 Å². The van der Waals surface area contributed by atoms with Crippen molar-refractivity contribution in [3.05, 3.63) is 62.0 Å². The first-order valence-electron chi connectivity index (χ1n) is 8.12. The normalized spacial score (nSPS) is 16.8. The largest absolute Gasteiger partial charge is 0.360 e. The third-order valence-corrected chi connectivity index (χ3v) is 5.08.